The van der Waals surface area contributed by atoms with Crippen LogP contribution in [0.1, 0.15) is 37.8 Å². The Morgan fingerprint density at radius 1 is 0.909 bits per heavy atom. The molecule has 1 atom stereocenters. The van der Waals surface area contributed by atoms with Gasteiger partial charge in [0.15, 0.2) is 0 Å². The van der Waals surface area contributed by atoms with Crippen molar-refractivity contribution in [2.75, 3.05) is 12.4 Å². The molecule has 1 nitrogen and oxygen atoms in total. The van der Waals surface area contributed by atoms with Crippen LogP contribution in [0.4, 0.5) is 5.69 Å². The molecule has 0 radical (unpaired) electrons. The molecule has 2 rings (SSSR count). The molecule has 3 heteroatoms. The summed E-state index contributed by atoms with van der Waals surface area (Å²) < 4.78 is 0. The quantitative estimate of drug-likeness (QED) is 0.533. The molecule has 0 aromatic heterocycles. The summed E-state index contributed by atoms with van der Waals surface area (Å²) in [4.78, 5) is 2.42. The highest BCUT2D eigenvalue weighted by Gasteiger charge is 2.08. The first kappa shape index (κ1) is 19.1. The maximum Gasteiger partial charge on any atom is 0.0458 e. The Hall–Kier alpha value is -0.980. The normalized spacial score (nSPS) is 10.0. The van der Waals surface area contributed by atoms with Gasteiger partial charge in [-0.25, -0.2) is 0 Å². The molecule has 0 heterocycles. The minimum absolute atomic E-state index is 0.905. The molecule has 22 heavy (non-hydrogen) atoms. The van der Waals surface area contributed by atoms with Crippen LogP contribution < -0.4 is 5.73 Å². The van der Waals surface area contributed by atoms with E-state index in [9.17, 15) is 0 Å². The van der Waals surface area contributed by atoms with Crippen LogP contribution in [0.3, 0.4) is 0 Å². The van der Waals surface area contributed by atoms with Crippen molar-refractivity contribution < 1.29 is 0 Å². The van der Waals surface area contributed by atoms with Gasteiger partial charge in [-0.05, 0) is 48.2 Å². The zero-order chi connectivity index (χ0) is 16.4. The van der Waals surface area contributed by atoms with Crippen molar-refractivity contribution in [3.63, 3.8) is 0 Å². The molecule has 0 aliphatic carbocycles. The number of hydrogen-bond donors (Lipinski definition) is 1. The van der Waals surface area contributed by atoms with E-state index in [1.807, 2.05) is 12.7 Å². The summed E-state index contributed by atoms with van der Waals surface area (Å²) in [5.74, 6) is 0. The van der Waals surface area contributed by atoms with Gasteiger partial charge in [-0.2, -0.15) is 0 Å². The standard InChI is InChI=1S/C18H23NS.CH5P/c1-3-8-14-12-17(19)18(13-15(14)9-4-2)20-16-10-6-5-7-11-16;1-2/h5-7,10-13H,3-4,8-9,19H2,1-2H3;2H2,1H3. The van der Waals surface area contributed by atoms with E-state index in [0.717, 1.165) is 18.5 Å². The Bertz CT molecular complexity index is 555. The fourth-order valence-electron chi connectivity index (χ4n) is 2.39. The molecule has 0 saturated carbocycles. The van der Waals surface area contributed by atoms with Crippen LogP contribution in [0.25, 0.3) is 0 Å². The number of nitrogen functional groups attached to an aromatic ring is 1. The van der Waals surface area contributed by atoms with E-state index in [1.165, 1.54) is 33.8 Å². The fourth-order valence-corrected chi connectivity index (χ4v) is 3.32. The van der Waals surface area contributed by atoms with Gasteiger partial charge in [0.25, 0.3) is 0 Å². The molecule has 1 unspecified atom stereocenters. The molecule has 0 aliphatic heterocycles. The van der Waals surface area contributed by atoms with E-state index in [0.29, 0.717) is 0 Å². The first-order valence-corrected chi connectivity index (χ1v) is 9.93. The molecule has 2 aromatic carbocycles. The fraction of sp³-hybridized carbons (Fsp3) is 0.368. The summed E-state index contributed by atoms with van der Waals surface area (Å²) in [6, 6.07) is 14.9. The average molecular weight is 333 g/mol. The SMILES string of the molecule is CCCc1cc(N)c(Sc2ccccc2)cc1CCC.CP. The molecule has 120 valence electrons. The third-order valence-electron chi connectivity index (χ3n) is 3.34. The van der Waals surface area contributed by atoms with Crippen molar-refractivity contribution >= 4 is 26.7 Å². The van der Waals surface area contributed by atoms with Gasteiger partial charge >= 0.3 is 0 Å². The van der Waals surface area contributed by atoms with Gasteiger partial charge in [-0.1, -0.05) is 63.3 Å². The topological polar surface area (TPSA) is 26.0 Å². The monoisotopic (exact) mass is 333 g/mol. The van der Waals surface area contributed by atoms with Gasteiger partial charge in [0, 0.05) is 15.5 Å². The second kappa shape index (κ2) is 10.7. The highest BCUT2D eigenvalue weighted by Crippen LogP contribution is 2.34. The third-order valence-corrected chi connectivity index (χ3v) is 4.42. The maximum atomic E-state index is 6.24. The minimum atomic E-state index is 0.905. The van der Waals surface area contributed by atoms with Crippen molar-refractivity contribution in [2.24, 2.45) is 0 Å². The maximum absolute atomic E-state index is 6.24. The average Bonchev–Trinajstić information content (AvgIpc) is 2.55. The predicted molar refractivity (Wildman–Crippen MR) is 105 cm³/mol. The Labute approximate surface area is 142 Å². The number of benzene rings is 2. The van der Waals surface area contributed by atoms with Gasteiger partial charge in [0.05, 0.1) is 0 Å². The summed E-state index contributed by atoms with van der Waals surface area (Å²) in [7, 11) is 2.42. The predicted octanol–water partition coefficient (Wildman–Crippen LogP) is 5.82. The van der Waals surface area contributed by atoms with Crippen LogP contribution in [0, 0.1) is 0 Å². The number of rotatable bonds is 6. The largest absolute Gasteiger partial charge is 0.398 e. The van der Waals surface area contributed by atoms with Crippen molar-refractivity contribution in [2.45, 2.75) is 49.3 Å². The van der Waals surface area contributed by atoms with E-state index in [4.69, 9.17) is 5.73 Å². The van der Waals surface area contributed by atoms with Crippen LogP contribution in [0.2, 0.25) is 0 Å². The Morgan fingerprint density at radius 2 is 1.45 bits per heavy atom. The van der Waals surface area contributed by atoms with E-state index >= 15 is 0 Å². The van der Waals surface area contributed by atoms with Gasteiger partial charge in [-0.15, -0.1) is 9.24 Å². The third kappa shape index (κ3) is 5.66. The molecule has 0 fully saturated rings. The molecule has 0 amide bonds. The summed E-state index contributed by atoms with van der Waals surface area (Å²) in [6.07, 6.45) is 4.60. The molecule has 0 aliphatic rings. The first-order valence-electron chi connectivity index (χ1n) is 7.96. The number of aryl methyl sites for hydroxylation is 2. The highest BCUT2D eigenvalue weighted by molar-refractivity contribution is 7.99. The zero-order valence-corrected chi connectivity index (χ0v) is 15.9. The smallest absolute Gasteiger partial charge is 0.0458 e. The first-order chi connectivity index (χ1) is 10.7. The summed E-state index contributed by atoms with van der Waals surface area (Å²) in [5.41, 5.74) is 10.0. The van der Waals surface area contributed by atoms with Crippen molar-refractivity contribution in [1.29, 1.82) is 0 Å². The van der Waals surface area contributed by atoms with Crippen LogP contribution in [0.15, 0.2) is 52.3 Å². The Kier molecular flexibility index (Phi) is 9.27. The summed E-state index contributed by atoms with van der Waals surface area (Å²) in [5, 5.41) is 0. The van der Waals surface area contributed by atoms with E-state index in [2.05, 4.69) is 59.5 Å². The Morgan fingerprint density at radius 3 is 2.00 bits per heavy atom. The lowest BCUT2D eigenvalue weighted by molar-refractivity contribution is 0.858. The molecule has 0 spiro atoms. The van der Waals surface area contributed by atoms with E-state index in [-0.39, 0.29) is 0 Å². The second-order valence-electron chi connectivity index (χ2n) is 5.07. The van der Waals surface area contributed by atoms with Crippen molar-refractivity contribution in [3.8, 4) is 0 Å². The summed E-state index contributed by atoms with van der Waals surface area (Å²) >= 11 is 1.76. The van der Waals surface area contributed by atoms with Crippen LogP contribution in [-0.4, -0.2) is 6.66 Å². The lowest BCUT2D eigenvalue weighted by Crippen LogP contribution is -1.99. The Balaban J connectivity index is 0.00000116. The van der Waals surface area contributed by atoms with Gasteiger partial charge in [0.1, 0.15) is 0 Å². The second-order valence-corrected chi connectivity index (χ2v) is 6.19. The zero-order valence-electron chi connectivity index (χ0n) is 13.9. The number of nitrogens with two attached hydrogens (primary N) is 1. The lowest BCUT2D eigenvalue weighted by Gasteiger charge is -2.13. The highest BCUT2D eigenvalue weighted by atomic mass is 32.2. The molecular formula is C19H28NPS. The number of anilines is 1. The molecule has 0 saturated heterocycles. The van der Waals surface area contributed by atoms with Crippen molar-refractivity contribution in [3.05, 3.63) is 53.6 Å². The molecule has 2 N–H and O–H groups in total. The molecular weight excluding hydrogens is 305 g/mol. The van der Waals surface area contributed by atoms with Crippen LogP contribution >= 0.6 is 21.0 Å². The molecule has 0 bridgehead atoms. The van der Waals surface area contributed by atoms with Crippen LogP contribution in [0.5, 0.6) is 0 Å². The summed E-state index contributed by atoms with van der Waals surface area (Å²) in [6.45, 7) is 6.37. The number of hydrogen-bond acceptors (Lipinski definition) is 2. The minimum Gasteiger partial charge on any atom is -0.398 e. The van der Waals surface area contributed by atoms with Gasteiger partial charge in [-0.3, -0.25) is 0 Å². The van der Waals surface area contributed by atoms with Gasteiger partial charge < -0.3 is 5.73 Å². The lowest BCUT2D eigenvalue weighted by atomic mass is 9.99. The van der Waals surface area contributed by atoms with Crippen LogP contribution in [-0.2, 0) is 12.8 Å². The van der Waals surface area contributed by atoms with E-state index < -0.39 is 0 Å². The van der Waals surface area contributed by atoms with Crippen molar-refractivity contribution in [1.82, 2.24) is 0 Å². The van der Waals surface area contributed by atoms with E-state index in [1.54, 1.807) is 11.8 Å². The van der Waals surface area contributed by atoms with Gasteiger partial charge in [0.2, 0.25) is 0 Å². The molecule has 2 aromatic rings.